The fourth-order valence-electron chi connectivity index (χ4n) is 6.56. The third-order valence-electron chi connectivity index (χ3n) is 7.49. The summed E-state index contributed by atoms with van der Waals surface area (Å²) in [6.45, 7) is 2.22. The standard InChI is InChI=1S/C24H29NO5/c1-14-19-8-18(28-2)3-4-20(19)30-22(14)23(27)29-12-21(26)25-13-24-9-15-5-16(10-24)7-17(6-15)11-24/h3-4,8,15-17H,5-7,9-13H2,1-2H3,(H,25,26). The molecule has 1 amide bonds. The number of fused-ring (bicyclic) bond motifs is 1. The SMILES string of the molecule is COc1ccc2oc(C(=O)OCC(=O)NCC34CC5CC(CC(C5)C3)C4)c(C)c2c1. The molecule has 0 saturated heterocycles. The molecule has 160 valence electrons. The van der Waals surface area contributed by atoms with E-state index in [4.69, 9.17) is 13.9 Å². The topological polar surface area (TPSA) is 77.8 Å². The van der Waals surface area contributed by atoms with E-state index in [1.165, 1.54) is 38.5 Å². The first kappa shape index (κ1) is 19.5. The van der Waals surface area contributed by atoms with E-state index >= 15 is 0 Å². The average molecular weight is 411 g/mol. The molecule has 1 aromatic carbocycles. The Morgan fingerprint density at radius 2 is 1.80 bits per heavy atom. The van der Waals surface area contributed by atoms with Gasteiger partial charge in [-0.3, -0.25) is 4.79 Å². The van der Waals surface area contributed by atoms with Gasteiger partial charge >= 0.3 is 5.97 Å². The van der Waals surface area contributed by atoms with Gasteiger partial charge in [0.1, 0.15) is 11.3 Å². The van der Waals surface area contributed by atoms with Crippen LogP contribution in [0.2, 0.25) is 0 Å². The third-order valence-corrected chi connectivity index (χ3v) is 7.49. The van der Waals surface area contributed by atoms with Crippen LogP contribution in [0.25, 0.3) is 11.0 Å². The van der Waals surface area contributed by atoms with Gasteiger partial charge in [0, 0.05) is 17.5 Å². The third kappa shape index (κ3) is 3.46. The lowest BCUT2D eigenvalue weighted by atomic mass is 9.49. The molecule has 4 saturated carbocycles. The van der Waals surface area contributed by atoms with E-state index < -0.39 is 5.97 Å². The highest BCUT2D eigenvalue weighted by Gasteiger charge is 2.50. The van der Waals surface area contributed by atoms with Crippen molar-refractivity contribution in [2.75, 3.05) is 20.3 Å². The number of hydrogen-bond donors (Lipinski definition) is 1. The van der Waals surface area contributed by atoms with Crippen LogP contribution >= 0.6 is 0 Å². The van der Waals surface area contributed by atoms with Crippen molar-refractivity contribution in [1.29, 1.82) is 0 Å². The molecule has 4 bridgehead atoms. The molecule has 1 N–H and O–H groups in total. The summed E-state index contributed by atoms with van der Waals surface area (Å²) in [5.74, 6) is 2.51. The van der Waals surface area contributed by atoms with E-state index in [2.05, 4.69) is 5.32 Å². The maximum atomic E-state index is 12.5. The number of furan rings is 1. The number of carbonyl (C=O) groups excluding carboxylic acids is 2. The van der Waals surface area contributed by atoms with E-state index in [0.717, 1.165) is 23.1 Å². The molecule has 1 aromatic heterocycles. The molecular weight excluding hydrogens is 382 g/mol. The van der Waals surface area contributed by atoms with Crippen LogP contribution in [0.3, 0.4) is 0 Å². The summed E-state index contributed by atoms with van der Waals surface area (Å²) in [6, 6.07) is 5.36. The zero-order valence-corrected chi connectivity index (χ0v) is 17.7. The molecule has 0 unspecified atom stereocenters. The molecule has 0 radical (unpaired) electrons. The van der Waals surface area contributed by atoms with Crippen LogP contribution in [0, 0.1) is 30.1 Å². The Hall–Kier alpha value is -2.50. The molecule has 2 aromatic rings. The van der Waals surface area contributed by atoms with Crippen molar-refractivity contribution in [3.63, 3.8) is 0 Å². The second kappa shape index (κ2) is 7.33. The zero-order valence-electron chi connectivity index (χ0n) is 17.7. The van der Waals surface area contributed by atoms with E-state index in [-0.39, 0.29) is 23.7 Å². The quantitative estimate of drug-likeness (QED) is 0.720. The first-order valence-electron chi connectivity index (χ1n) is 11.0. The molecule has 4 fully saturated rings. The van der Waals surface area contributed by atoms with Crippen molar-refractivity contribution in [2.45, 2.75) is 45.4 Å². The second-order valence-corrected chi connectivity index (χ2v) is 9.69. The fraction of sp³-hybridized carbons (Fsp3) is 0.583. The molecule has 6 nitrogen and oxygen atoms in total. The largest absolute Gasteiger partial charge is 0.497 e. The summed E-state index contributed by atoms with van der Waals surface area (Å²) in [5.41, 5.74) is 1.54. The normalized spacial score (nSPS) is 29.2. The minimum absolute atomic E-state index is 0.132. The fourth-order valence-corrected chi connectivity index (χ4v) is 6.56. The smallest absolute Gasteiger partial charge is 0.375 e. The number of carbonyl (C=O) groups is 2. The van der Waals surface area contributed by atoms with Crippen molar-refractivity contribution >= 4 is 22.8 Å². The van der Waals surface area contributed by atoms with Gasteiger partial charge < -0.3 is 19.2 Å². The molecule has 4 aliphatic rings. The average Bonchev–Trinajstić information content (AvgIpc) is 3.05. The van der Waals surface area contributed by atoms with E-state index in [1.54, 1.807) is 26.2 Å². The lowest BCUT2D eigenvalue weighted by Gasteiger charge is -2.56. The number of rotatable bonds is 6. The molecule has 0 aliphatic heterocycles. The number of esters is 1. The Labute approximate surface area is 176 Å². The first-order chi connectivity index (χ1) is 14.4. The zero-order chi connectivity index (χ0) is 20.9. The summed E-state index contributed by atoms with van der Waals surface area (Å²) in [4.78, 5) is 24.9. The number of nitrogens with one attached hydrogen (secondary N) is 1. The van der Waals surface area contributed by atoms with Crippen LogP contribution in [-0.4, -0.2) is 32.1 Å². The summed E-state index contributed by atoms with van der Waals surface area (Å²) < 4.78 is 16.1. The summed E-state index contributed by atoms with van der Waals surface area (Å²) in [6.07, 6.45) is 7.86. The van der Waals surface area contributed by atoms with Gasteiger partial charge in [-0.25, -0.2) is 4.79 Å². The minimum Gasteiger partial charge on any atom is -0.497 e. The molecule has 30 heavy (non-hydrogen) atoms. The molecule has 6 rings (SSSR count). The Kier molecular flexibility index (Phi) is 4.75. The Morgan fingerprint density at radius 1 is 1.13 bits per heavy atom. The van der Waals surface area contributed by atoms with E-state index in [9.17, 15) is 9.59 Å². The maximum absolute atomic E-state index is 12.5. The summed E-state index contributed by atoms with van der Waals surface area (Å²) in [5, 5.41) is 3.84. The summed E-state index contributed by atoms with van der Waals surface area (Å²) >= 11 is 0. The number of aryl methyl sites for hydroxylation is 1. The highest BCUT2D eigenvalue weighted by atomic mass is 16.5. The number of amides is 1. The van der Waals surface area contributed by atoms with Crippen molar-refractivity contribution in [1.82, 2.24) is 5.32 Å². The molecule has 4 aliphatic carbocycles. The van der Waals surface area contributed by atoms with Crippen LogP contribution in [0.1, 0.15) is 54.6 Å². The van der Waals surface area contributed by atoms with Crippen LogP contribution < -0.4 is 10.1 Å². The predicted molar refractivity (Wildman–Crippen MR) is 111 cm³/mol. The lowest BCUT2D eigenvalue weighted by Crippen LogP contribution is -2.51. The Bertz CT molecular complexity index is 956. The van der Waals surface area contributed by atoms with Gasteiger partial charge in [0.15, 0.2) is 6.61 Å². The lowest BCUT2D eigenvalue weighted by molar-refractivity contribution is -0.126. The van der Waals surface area contributed by atoms with Gasteiger partial charge in [-0.05, 0) is 86.8 Å². The predicted octanol–water partition coefficient (Wildman–Crippen LogP) is 4.24. The van der Waals surface area contributed by atoms with Crippen LogP contribution in [0.4, 0.5) is 0 Å². The Balaban J connectivity index is 1.17. The van der Waals surface area contributed by atoms with E-state index in [1.807, 2.05) is 6.07 Å². The number of methoxy groups -OCH3 is 1. The second-order valence-electron chi connectivity index (χ2n) is 9.69. The van der Waals surface area contributed by atoms with E-state index in [0.29, 0.717) is 23.4 Å². The van der Waals surface area contributed by atoms with Gasteiger partial charge in [0.25, 0.3) is 5.91 Å². The Morgan fingerprint density at radius 3 is 2.43 bits per heavy atom. The van der Waals surface area contributed by atoms with Crippen LogP contribution in [0.5, 0.6) is 5.75 Å². The van der Waals surface area contributed by atoms with Gasteiger partial charge in [-0.1, -0.05) is 0 Å². The minimum atomic E-state index is -0.618. The van der Waals surface area contributed by atoms with Crippen molar-refractivity contribution < 1.29 is 23.5 Å². The highest BCUT2D eigenvalue weighted by molar-refractivity contribution is 5.97. The molecular formula is C24H29NO5. The molecule has 0 atom stereocenters. The van der Waals surface area contributed by atoms with Crippen molar-refractivity contribution in [2.24, 2.45) is 23.2 Å². The first-order valence-corrected chi connectivity index (χ1v) is 11.0. The summed E-state index contributed by atoms with van der Waals surface area (Å²) in [7, 11) is 1.59. The van der Waals surface area contributed by atoms with Crippen molar-refractivity contribution in [3.05, 3.63) is 29.5 Å². The van der Waals surface area contributed by atoms with Gasteiger partial charge in [-0.2, -0.15) is 0 Å². The van der Waals surface area contributed by atoms with Gasteiger partial charge in [0.2, 0.25) is 5.76 Å². The maximum Gasteiger partial charge on any atom is 0.375 e. The molecule has 0 spiro atoms. The van der Waals surface area contributed by atoms with Gasteiger partial charge in [-0.15, -0.1) is 0 Å². The number of ether oxygens (including phenoxy) is 2. The van der Waals surface area contributed by atoms with Crippen LogP contribution in [-0.2, 0) is 9.53 Å². The van der Waals surface area contributed by atoms with Crippen molar-refractivity contribution in [3.8, 4) is 5.75 Å². The highest BCUT2D eigenvalue weighted by Crippen LogP contribution is 2.59. The number of hydrogen-bond acceptors (Lipinski definition) is 5. The van der Waals surface area contributed by atoms with Gasteiger partial charge in [0.05, 0.1) is 7.11 Å². The monoisotopic (exact) mass is 411 g/mol. The number of benzene rings is 1. The molecule has 6 heteroatoms. The van der Waals surface area contributed by atoms with Crippen LogP contribution in [0.15, 0.2) is 22.6 Å². The molecule has 1 heterocycles.